The van der Waals surface area contributed by atoms with Crippen LogP contribution in [-0.4, -0.2) is 17.6 Å². The Balaban J connectivity index is 1.65. The van der Waals surface area contributed by atoms with Crippen molar-refractivity contribution in [2.24, 2.45) is 5.92 Å². The molecule has 84 valence electrons. The van der Waals surface area contributed by atoms with Crippen molar-refractivity contribution in [2.45, 2.75) is 45.1 Å². The van der Waals surface area contributed by atoms with E-state index in [1.54, 1.807) is 11.3 Å². The molecule has 0 saturated heterocycles. The number of hydrogen-bond donors (Lipinski definition) is 1. The Hall–Kier alpha value is -0.410. The smallest absolute Gasteiger partial charge is 0.0937 e. The van der Waals surface area contributed by atoms with Crippen molar-refractivity contribution in [1.29, 1.82) is 0 Å². The molecule has 3 heteroatoms. The zero-order valence-electron chi connectivity index (χ0n) is 9.41. The van der Waals surface area contributed by atoms with Crippen LogP contribution >= 0.6 is 11.3 Å². The van der Waals surface area contributed by atoms with Crippen LogP contribution in [0.5, 0.6) is 0 Å². The van der Waals surface area contributed by atoms with Gasteiger partial charge in [0.2, 0.25) is 0 Å². The summed E-state index contributed by atoms with van der Waals surface area (Å²) >= 11 is 1.76. The lowest BCUT2D eigenvalue weighted by Gasteiger charge is -2.27. The predicted octanol–water partition coefficient (Wildman–Crippen LogP) is 2.85. The average Bonchev–Trinajstić information content (AvgIpc) is 2.71. The fourth-order valence-corrected chi connectivity index (χ4v) is 3.00. The largest absolute Gasteiger partial charge is 0.314 e. The predicted molar refractivity (Wildman–Crippen MR) is 65.2 cm³/mol. The van der Waals surface area contributed by atoms with Gasteiger partial charge in [0.1, 0.15) is 0 Å². The second-order valence-electron chi connectivity index (χ2n) is 4.60. The first-order chi connectivity index (χ1) is 7.34. The number of aromatic nitrogens is 1. The van der Waals surface area contributed by atoms with Gasteiger partial charge in [0.15, 0.2) is 0 Å². The number of thiazole rings is 1. The number of nitrogens with one attached hydrogen (secondary N) is 1. The summed E-state index contributed by atoms with van der Waals surface area (Å²) in [4.78, 5) is 4.29. The first kappa shape index (κ1) is 11.1. The summed E-state index contributed by atoms with van der Waals surface area (Å²) < 4.78 is 0. The van der Waals surface area contributed by atoms with Crippen LogP contribution in [0.2, 0.25) is 0 Å². The Kier molecular flexibility index (Phi) is 4.15. The van der Waals surface area contributed by atoms with E-state index in [0.717, 1.165) is 24.9 Å². The number of hydrogen-bond acceptors (Lipinski definition) is 3. The van der Waals surface area contributed by atoms with E-state index in [-0.39, 0.29) is 0 Å². The third-order valence-electron chi connectivity index (χ3n) is 3.19. The maximum Gasteiger partial charge on any atom is 0.0937 e. The van der Waals surface area contributed by atoms with E-state index in [1.165, 1.54) is 30.7 Å². The first-order valence-corrected chi connectivity index (χ1v) is 6.84. The standard InChI is InChI=1S/C12H20N2S/c1-10-3-2-4-11(9-10)13-6-5-12-14-7-8-15-12/h7-8,10-11,13H,2-6,9H2,1H3. The van der Waals surface area contributed by atoms with Gasteiger partial charge in [0, 0.05) is 30.6 Å². The molecule has 2 atom stereocenters. The van der Waals surface area contributed by atoms with E-state index in [2.05, 4.69) is 22.6 Å². The van der Waals surface area contributed by atoms with Gasteiger partial charge in [-0.1, -0.05) is 19.8 Å². The van der Waals surface area contributed by atoms with E-state index in [4.69, 9.17) is 0 Å². The topological polar surface area (TPSA) is 24.9 Å². The Morgan fingerprint density at radius 3 is 3.20 bits per heavy atom. The third kappa shape index (κ3) is 3.58. The van der Waals surface area contributed by atoms with E-state index in [9.17, 15) is 0 Å². The molecule has 1 N–H and O–H groups in total. The highest BCUT2D eigenvalue weighted by Crippen LogP contribution is 2.23. The van der Waals surface area contributed by atoms with Gasteiger partial charge in [-0.15, -0.1) is 11.3 Å². The monoisotopic (exact) mass is 224 g/mol. The van der Waals surface area contributed by atoms with Crippen LogP contribution in [0.1, 0.15) is 37.6 Å². The lowest BCUT2D eigenvalue weighted by Crippen LogP contribution is -2.34. The Morgan fingerprint density at radius 1 is 1.53 bits per heavy atom. The minimum atomic E-state index is 0.758. The van der Waals surface area contributed by atoms with Crippen LogP contribution in [0.25, 0.3) is 0 Å². The highest BCUT2D eigenvalue weighted by atomic mass is 32.1. The van der Waals surface area contributed by atoms with Crippen molar-refractivity contribution in [3.63, 3.8) is 0 Å². The van der Waals surface area contributed by atoms with E-state index >= 15 is 0 Å². The lowest BCUT2D eigenvalue weighted by molar-refractivity contribution is 0.303. The normalized spacial score (nSPS) is 26.7. The van der Waals surface area contributed by atoms with Gasteiger partial charge in [-0.25, -0.2) is 4.98 Å². The quantitative estimate of drug-likeness (QED) is 0.850. The minimum Gasteiger partial charge on any atom is -0.314 e. The lowest BCUT2D eigenvalue weighted by atomic mass is 9.87. The number of nitrogens with zero attached hydrogens (tertiary/aromatic N) is 1. The minimum absolute atomic E-state index is 0.758. The summed E-state index contributed by atoms with van der Waals surface area (Å²) in [5.41, 5.74) is 0. The maximum atomic E-state index is 4.29. The third-order valence-corrected chi connectivity index (χ3v) is 4.03. The van der Waals surface area contributed by atoms with Gasteiger partial charge in [0.05, 0.1) is 5.01 Å². The zero-order valence-corrected chi connectivity index (χ0v) is 10.2. The number of rotatable bonds is 4. The fourth-order valence-electron chi connectivity index (χ4n) is 2.38. The molecule has 2 unspecified atom stereocenters. The van der Waals surface area contributed by atoms with Gasteiger partial charge < -0.3 is 5.32 Å². The summed E-state index contributed by atoms with van der Waals surface area (Å²) in [7, 11) is 0. The molecule has 1 fully saturated rings. The second-order valence-corrected chi connectivity index (χ2v) is 5.58. The van der Waals surface area contributed by atoms with E-state index in [1.807, 2.05) is 6.20 Å². The summed E-state index contributed by atoms with van der Waals surface area (Å²) in [6.07, 6.45) is 8.52. The summed E-state index contributed by atoms with van der Waals surface area (Å²) in [6.45, 7) is 3.46. The Bertz CT molecular complexity index is 271. The zero-order chi connectivity index (χ0) is 10.5. The molecule has 1 aliphatic carbocycles. The van der Waals surface area contributed by atoms with Gasteiger partial charge in [-0.3, -0.25) is 0 Å². The van der Waals surface area contributed by atoms with Crippen LogP contribution < -0.4 is 5.32 Å². The van der Waals surface area contributed by atoms with Gasteiger partial charge in [-0.05, 0) is 18.8 Å². The molecule has 2 nitrogen and oxygen atoms in total. The molecule has 0 bridgehead atoms. The fraction of sp³-hybridized carbons (Fsp3) is 0.750. The van der Waals surface area contributed by atoms with Crippen LogP contribution in [-0.2, 0) is 6.42 Å². The Morgan fingerprint density at radius 2 is 2.47 bits per heavy atom. The molecular formula is C12H20N2S. The molecule has 1 heterocycles. The molecule has 15 heavy (non-hydrogen) atoms. The SMILES string of the molecule is CC1CCCC(NCCc2nccs2)C1. The molecule has 1 aromatic rings. The molecular weight excluding hydrogens is 204 g/mol. The summed E-state index contributed by atoms with van der Waals surface area (Å²) in [5, 5.41) is 6.97. The highest BCUT2D eigenvalue weighted by Gasteiger charge is 2.17. The molecule has 0 amide bonds. The van der Waals surface area contributed by atoms with Crippen molar-refractivity contribution in [1.82, 2.24) is 10.3 Å². The molecule has 0 aromatic carbocycles. The van der Waals surface area contributed by atoms with Crippen molar-refractivity contribution in [3.05, 3.63) is 16.6 Å². The van der Waals surface area contributed by atoms with Gasteiger partial charge in [-0.2, -0.15) is 0 Å². The Labute approximate surface area is 96.1 Å². The van der Waals surface area contributed by atoms with Gasteiger partial charge in [0.25, 0.3) is 0 Å². The van der Waals surface area contributed by atoms with E-state index < -0.39 is 0 Å². The van der Waals surface area contributed by atoms with E-state index in [0.29, 0.717) is 0 Å². The molecule has 2 rings (SSSR count). The molecule has 1 saturated carbocycles. The highest BCUT2D eigenvalue weighted by molar-refractivity contribution is 7.09. The van der Waals surface area contributed by atoms with Crippen LogP contribution in [0, 0.1) is 5.92 Å². The summed E-state index contributed by atoms with van der Waals surface area (Å²) in [6, 6.07) is 0.758. The first-order valence-electron chi connectivity index (χ1n) is 5.96. The second kappa shape index (κ2) is 5.61. The van der Waals surface area contributed by atoms with Crippen LogP contribution in [0.15, 0.2) is 11.6 Å². The molecule has 0 radical (unpaired) electrons. The van der Waals surface area contributed by atoms with Crippen molar-refractivity contribution in [2.75, 3.05) is 6.54 Å². The van der Waals surface area contributed by atoms with Crippen LogP contribution in [0.4, 0.5) is 0 Å². The van der Waals surface area contributed by atoms with Crippen molar-refractivity contribution < 1.29 is 0 Å². The summed E-state index contributed by atoms with van der Waals surface area (Å²) in [5.74, 6) is 0.913. The molecule has 1 aromatic heterocycles. The molecule has 0 aliphatic heterocycles. The molecule has 1 aliphatic rings. The van der Waals surface area contributed by atoms with Crippen molar-refractivity contribution >= 4 is 11.3 Å². The average molecular weight is 224 g/mol. The van der Waals surface area contributed by atoms with Gasteiger partial charge >= 0.3 is 0 Å². The molecule has 0 spiro atoms. The van der Waals surface area contributed by atoms with Crippen molar-refractivity contribution in [3.8, 4) is 0 Å². The van der Waals surface area contributed by atoms with Crippen LogP contribution in [0.3, 0.4) is 0 Å². The maximum absolute atomic E-state index is 4.29.